The van der Waals surface area contributed by atoms with Crippen molar-refractivity contribution in [1.82, 2.24) is 10.2 Å². The second-order valence-electron chi connectivity index (χ2n) is 4.05. The summed E-state index contributed by atoms with van der Waals surface area (Å²) in [5.74, 6) is -1.29. The molecule has 1 heterocycles. The Morgan fingerprint density at radius 3 is 2.29 bits per heavy atom. The van der Waals surface area contributed by atoms with Crippen molar-refractivity contribution >= 4 is 21.7 Å². The van der Waals surface area contributed by atoms with Crippen LogP contribution >= 0.6 is 0 Å². The van der Waals surface area contributed by atoms with Gasteiger partial charge in [0.1, 0.15) is 0 Å². The van der Waals surface area contributed by atoms with Crippen LogP contribution in [0.15, 0.2) is 0 Å². The van der Waals surface area contributed by atoms with Crippen LogP contribution < -0.4 is 5.32 Å². The number of likely N-dealkylation sites (N-methyl/N-ethyl adjacent to an activating group) is 1. The quantitative estimate of drug-likeness (QED) is 0.672. The maximum Gasteiger partial charge on any atom is 0.311 e. The monoisotopic (exact) mass is 262 g/mol. The molecule has 1 saturated heterocycles. The topological polar surface area (TPSA) is 83.6 Å². The normalized spacial score (nSPS) is 22.1. The molecule has 2 amide bonds. The van der Waals surface area contributed by atoms with Gasteiger partial charge in [0.25, 0.3) is 0 Å². The first kappa shape index (κ1) is 14.0. The van der Waals surface area contributed by atoms with Gasteiger partial charge in [-0.3, -0.25) is 9.59 Å². The van der Waals surface area contributed by atoms with E-state index < -0.39 is 27.7 Å². The van der Waals surface area contributed by atoms with Crippen molar-refractivity contribution in [3.63, 3.8) is 0 Å². The molecule has 0 bridgehead atoms. The maximum atomic E-state index is 11.6. The average Bonchev–Trinajstić information content (AvgIpc) is 2.59. The van der Waals surface area contributed by atoms with Gasteiger partial charge >= 0.3 is 11.8 Å². The first-order valence-corrected chi connectivity index (χ1v) is 7.52. The molecule has 0 spiro atoms. The fraction of sp³-hybridized carbons (Fsp3) is 0.800. The molecule has 0 aromatic carbocycles. The molecule has 1 N–H and O–H groups in total. The van der Waals surface area contributed by atoms with Crippen molar-refractivity contribution in [3.05, 3.63) is 0 Å². The number of hydrogen-bond acceptors (Lipinski definition) is 4. The molecular weight excluding hydrogens is 244 g/mol. The van der Waals surface area contributed by atoms with Crippen LogP contribution in [-0.2, 0) is 19.4 Å². The summed E-state index contributed by atoms with van der Waals surface area (Å²) in [4.78, 5) is 24.6. The Bertz CT molecular complexity index is 401. The van der Waals surface area contributed by atoms with Gasteiger partial charge in [-0.1, -0.05) is 0 Å². The number of nitrogens with one attached hydrogen (secondary N) is 1. The Hall–Kier alpha value is -1.11. The lowest BCUT2D eigenvalue weighted by molar-refractivity contribution is -0.145. The van der Waals surface area contributed by atoms with Crippen LogP contribution in [0.5, 0.6) is 0 Å². The number of nitrogens with zero attached hydrogens (tertiary/aromatic N) is 1. The zero-order valence-corrected chi connectivity index (χ0v) is 10.9. The zero-order valence-electron chi connectivity index (χ0n) is 10.1. The van der Waals surface area contributed by atoms with E-state index in [2.05, 4.69) is 5.32 Å². The standard InChI is InChI=1S/C10H18N2O4S/c1-3-12(4-2)10(14)9(13)11-8-5-6-17(15,16)7-8/h8H,3-7H2,1-2H3,(H,11,13). The second kappa shape index (κ2) is 5.48. The van der Waals surface area contributed by atoms with E-state index >= 15 is 0 Å². The zero-order chi connectivity index (χ0) is 13.1. The molecule has 7 heteroatoms. The number of carbonyl (C=O) groups is 2. The third-order valence-corrected chi connectivity index (χ3v) is 4.58. The summed E-state index contributed by atoms with van der Waals surface area (Å²) in [7, 11) is -3.04. The molecule has 1 aliphatic heterocycles. The van der Waals surface area contributed by atoms with Crippen LogP contribution in [0, 0.1) is 0 Å². The second-order valence-corrected chi connectivity index (χ2v) is 6.28. The van der Waals surface area contributed by atoms with Crippen LogP contribution in [0.1, 0.15) is 20.3 Å². The van der Waals surface area contributed by atoms with E-state index in [1.165, 1.54) is 4.90 Å². The minimum Gasteiger partial charge on any atom is -0.344 e. The largest absolute Gasteiger partial charge is 0.344 e. The van der Waals surface area contributed by atoms with E-state index in [0.717, 1.165) is 0 Å². The highest BCUT2D eigenvalue weighted by atomic mass is 32.2. The molecule has 1 unspecified atom stereocenters. The smallest absolute Gasteiger partial charge is 0.311 e. The van der Waals surface area contributed by atoms with E-state index in [-0.39, 0.29) is 11.5 Å². The molecule has 0 saturated carbocycles. The first-order valence-electron chi connectivity index (χ1n) is 5.69. The van der Waals surface area contributed by atoms with Crippen LogP contribution in [0.3, 0.4) is 0 Å². The molecule has 17 heavy (non-hydrogen) atoms. The van der Waals surface area contributed by atoms with E-state index in [1.54, 1.807) is 13.8 Å². The molecule has 1 aliphatic rings. The summed E-state index contributed by atoms with van der Waals surface area (Å²) in [6.07, 6.45) is 0.388. The highest BCUT2D eigenvalue weighted by Gasteiger charge is 2.31. The molecule has 1 atom stereocenters. The fourth-order valence-electron chi connectivity index (χ4n) is 1.81. The summed E-state index contributed by atoms with van der Waals surface area (Å²) in [5.41, 5.74) is 0. The maximum absolute atomic E-state index is 11.6. The Morgan fingerprint density at radius 2 is 1.88 bits per heavy atom. The minimum absolute atomic E-state index is 0.0652. The number of rotatable bonds is 3. The summed E-state index contributed by atoms with van der Waals surface area (Å²) in [5, 5.41) is 2.47. The average molecular weight is 262 g/mol. The van der Waals surface area contributed by atoms with Crippen LogP contribution in [0.4, 0.5) is 0 Å². The first-order chi connectivity index (χ1) is 7.89. The summed E-state index contributed by atoms with van der Waals surface area (Å²) in [6.45, 7) is 4.50. The number of sulfone groups is 1. The van der Waals surface area contributed by atoms with Gasteiger partial charge in [-0.05, 0) is 20.3 Å². The molecule has 1 fully saturated rings. The van der Waals surface area contributed by atoms with E-state index in [4.69, 9.17) is 0 Å². The van der Waals surface area contributed by atoms with Gasteiger partial charge in [-0.15, -0.1) is 0 Å². The summed E-state index contributed by atoms with van der Waals surface area (Å²) in [6, 6.07) is -0.424. The van der Waals surface area contributed by atoms with Gasteiger partial charge in [0.2, 0.25) is 0 Å². The minimum atomic E-state index is -3.04. The highest BCUT2D eigenvalue weighted by Crippen LogP contribution is 2.11. The van der Waals surface area contributed by atoms with E-state index in [9.17, 15) is 18.0 Å². The Kier molecular flexibility index (Phi) is 4.50. The summed E-state index contributed by atoms with van der Waals surface area (Å²) < 4.78 is 22.4. The Balaban J connectivity index is 2.53. The van der Waals surface area contributed by atoms with Gasteiger partial charge in [0.15, 0.2) is 9.84 Å². The molecule has 0 aliphatic carbocycles. The van der Waals surface area contributed by atoms with Crippen molar-refractivity contribution in [2.45, 2.75) is 26.3 Å². The van der Waals surface area contributed by atoms with Crippen LogP contribution in [0.2, 0.25) is 0 Å². The van der Waals surface area contributed by atoms with Crippen LogP contribution in [0.25, 0.3) is 0 Å². The predicted octanol–water partition coefficient (Wildman–Crippen LogP) is -0.842. The third-order valence-electron chi connectivity index (χ3n) is 2.81. The van der Waals surface area contributed by atoms with Crippen molar-refractivity contribution < 1.29 is 18.0 Å². The van der Waals surface area contributed by atoms with Crippen LogP contribution in [-0.4, -0.2) is 55.8 Å². The molecular formula is C10H18N2O4S. The van der Waals surface area contributed by atoms with Crippen molar-refractivity contribution in [1.29, 1.82) is 0 Å². The van der Waals surface area contributed by atoms with Gasteiger partial charge in [-0.25, -0.2) is 8.42 Å². The lowest BCUT2D eigenvalue weighted by atomic mass is 10.2. The number of amides is 2. The third kappa shape index (κ3) is 3.69. The van der Waals surface area contributed by atoms with Gasteiger partial charge in [0, 0.05) is 19.1 Å². The lowest BCUT2D eigenvalue weighted by Gasteiger charge is -2.19. The molecule has 0 radical (unpaired) electrons. The molecule has 1 rings (SSSR count). The summed E-state index contributed by atoms with van der Waals surface area (Å²) >= 11 is 0. The van der Waals surface area contributed by atoms with Crippen molar-refractivity contribution in [3.8, 4) is 0 Å². The van der Waals surface area contributed by atoms with Crippen molar-refractivity contribution in [2.24, 2.45) is 0 Å². The Labute approximate surface area is 101 Å². The molecule has 0 aromatic heterocycles. The molecule has 98 valence electrons. The highest BCUT2D eigenvalue weighted by molar-refractivity contribution is 7.91. The Morgan fingerprint density at radius 1 is 1.29 bits per heavy atom. The van der Waals surface area contributed by atoms with Gasteiger partial charge < -0.3 is 10.2 Å². The molecule has 6 nitrogen and oxygen atoms in total. The van der Waals surface area contributed by atoms with Gasteiger partial charge in [-0.2, -0.15) is 0 Å². The molecule has 0 aromatic rings. The predicted molar refractivity (Wildman–Crippen MR) is 63.1 cm³/mol. The fourth-order valence-corrected chi connectivity index (χ4v) is 3.48. The van der Waals surface area contributed by atoms with Gasteiger partial charge in [0.05, 0.1) is 11.5 Å². The van der Waals surface area contributed by atoms with Crippen molar-refractivity contribution in [2.75, 3.05) is 24.6 Å². The SMILES string of the molecule is CCN(CC)C(=O)C(=O)NC1CCS(=O)(=O)C1. The number of carbonyl (C=O) groups excluding carboxylic acids is 2. The number of hydrogen-bond donors (Lipinski definition) is 1. The van der Waals surface area contributed by atoms with E-state index in [0.29, 0.717) is 19.5 Å². The van der Waals surface area contributed by atoms with E-state index in [1.807, 2.05) is 0 Å². The lowest BCUT2D eigenvalue weighted by Crippen LogP contribution is -2.46.